The second kappa shape index (κ2) is 6.67. The molecule has 2 aromatic rings. The topological polar surface area (TPSA) is 58.4 Å². The quantitative estimate of drug-likeness (QED) is 0.901. The van der Waals surface area contributed by atoms with Crippen LogP contribution in [0.15, 0.2) is 22.7 Å². The maximum atomic E-state index is 12.9. The summed E-state index contributed by atoms with van der Waals surface area (Å²) in [5, 5.41) is 7.18. The molecule has 0 saturated carbocycles. The van der Waals surface area contributed by atoms with Crippen molar-refractivity contribution in [2.75, 3.05) is 11.9 Å². The number of carbonyl (C=O) groups is 1. The summed E-state index contributed by atoms with van der Waals surface area (Å²) < 4.78 is 5.43. The van der Waals surface area contributed by atoms with Gasteiger partial charge in [0, 0.05) is 24.2 Å². The first-order valence-corrected chi connectivity index (χ1v) is 8.61. The van der Waals surface area contributed by atoms with Gasteiger partial charge in [-0.15, -0.1) is 0 Å². The molecule has 0 bridgehead atoms. The molecule has 1 aromatic heterocycles. The Hall–Kier alpha value is -2.30. The van der Waals surface area contributed by atoms with Gasteiger partial charge in [-0.1, -0.05) is 24.2 Å². The normalized spacial score (nSPS) is 17.3. The molecular weight excluding hydrogens is 302 g/mol. The van der Waals surface area contributed by atoms with Crippen LogP contribution in [0.5, 0.6) is 0 Å². The lowest BCUT2D eigenvalue weighted by molar-refractivity contribution is 0.206. The number of nitrogens with one attached hydrogen (secondary N) is 1. The Morgan fingerprint density at radius 1 is 1.38 bits per heavy atom. The van der Waals surface area contributed by atoms with Crippen molar-refractivity contribution in [3.05, 3.63) is 46.3 Å². The standard InChI is InChI=1S/C19H25N3O2/c1-5-17-18(14(4)21-24-17)16-10-7-11-22(16)19(23)20-15-9-6-8-12(2)13(15)3/h6,8-9,16H,5,7,10-11H2,1-4H3,(H,20,23). The Kier molecular flexibility index (Phi) is 4.60. The number of hydrogen-bond donors (Lipinski definition) is 1. The zero-order valence-corrected chi connectivity index (χ0v) is 14.8. The highest BCUT2D eigenvalue weighted by Gasteiger charge is 2.34. The number of nitrogens with zero attached hydrogens (tertiary/aromatic N) is 2. The van der Waals surface area contributed by atoms with E-state index in [2.05, 4.69) is 30.4 Å². The minimum absolute atomic E-state index is 0.0474. The van der Waals surface area contributed by atoms with Crippen LogP contribution in [-0.2, 0) is 6.42 Å². The molecule has 5 nitrogen and oxygen atoms in total. The summed E-state index contributed by atoms with van der Waals surface area (Å²) in [4.78, 5) is 14.8. The number of likely N-dealkylation sites (tertiary alicyclic amines) is 1. The fraction of sp³-hybridized carbons (Fsp3) is 0.474. The number of aromatic nitrogens is 1. The molecule has 1 N–H and O–H groups in total. The van der Waals surface area contributed by atoms with Gasteiger partial charge < -0.3 is 14.7 Å². The molecule has 1 aliphatic heterocycles. The zero-order chi connectivity index (χ0) is 17.3. The molecule has 1 aliphatic rings. The molecule has 1 unspecified atom stereocenters. The lowest BCUT2D eigenvalue weighted by Crippen LogP contribution is -2.35. The first-order chi connectivity index (χ1) is 11.5. The van der Waals surface area contributed by atoms with Crippen LogP contribution in [0.25, 0.3) is 0 Å². The molecule has 1 aromatic carbocycles. The Morgan fingerprint density at radius 3 is 2.92 bits per heavy atom. The van der Waals surface area contributed by atoms with Crippen LogP contribution >= 0.6 is 0 Å². The molecule has 0 spiro atoms. The Balaban J connectivity index is 1.84. The van der Waals surface area contributed by atoms with Gasteiger partial charge in [0.1, 0.15) is 5.76 Å². The third kappa shape index (κ3) is 2.90. The summed E-state index contributed by atoms with van der Waals surface area (Å²) in [5.74, 6) is 0.893. The van der Waals surface area contributed by atoms with E-state index in [0.717, 1.165) is 54.1 Å². The molecule has 2 amide bonds. The van der Waals surface area contributed by atoms with E-state index in [1.54, 1.807) is 0 Å². The highest BCUT2D eigenvalue weighted by atomic mass is 16.5. The van der Waals surface area contributed by atoms with Gasteiger partial charge in [0.05, 0.1) is 11.7 Å². The number of rotatable bonds is 3. The van der Waals surface area contributed by atoms with E-state index in [-0.39, 0.29) is 12.1 Å². The third-order valence-electron chi connectivity index (χ3n) is 5.00. The number of benzene rings is 1. The van der Waals surface area contributed by atoms with E-state index in [0.29, 0.717) is 0 Å². The Bertz CT molecular complexity index is 751. The Morgan fingerprint density at radius 2 is 2.17 bits per heavy atom. The van der Waals surface area contributed by atoms with Gasteiger partial charge in [-0.3, -0.25) is 0 Å². The predicted octanol–water partition coefficient (Wildman–Crippen LogP) is 4.53. The van der Waals surface area contributed by atoms with Crippen molar-refractivity contribution in [3.63, 3.8) is 0 Å². The lowest BCUT2D eigenvalue weighted by Gasteiger charge is -2.25. The summed E-state index contributed by atoms with van der Waals surface area (Å²) >= 11 is 0. The Labute approximate surface area is 143 Å². The second-order valence-corrected chi connectivity index (χ2v) is 6.49. The summed E-state index contributed by atoms with van der Waals surface area (Å²) in [7, 11) is 0. The SMILES string of the molecule is CCc1onc(C)c1C1CCCN1C(=O)Nc1cccc(C)c1C. The molecule has 1 saturated heterocycles. The average Bonchev–Trinajstić information content (AvgIpc) is 3.17. The molecule has 128 valence electrons. The molecule has 24 heavy (non-hydrogen) atoms. The molecule has 5 heteroatoms. The van der Waals surface area contributed by atoms with Crippen molar-refractivity contribution in [1.82, 2.24) is 10.1 Å². The van der Waals surface area contributed by atoms with Crippen LogP contribution in [0.4, 0.5) is 10.5 Å². The van der Waals surface area contributed by atoms with E-state index in [1.807, 2.05) is 30.9 Å². The minimum atomic E-state index is -0.0474. The monoisotopic (exact) mass is 327 g/mol. The maximum Gasteiger partial charge on any atom is 0.322 e. The van der Waals surface area contributed by atoms with E-state index in [1.165, 1.54) is 5.56 Å². The summed E-state index contributed by atoms with van der Waals surface area (Å²) in [5.41, 5.74) is 5.14. The van der Waals surface area contributed by atoms with Crippen molar-refractivity contribution in [3.8, 4) is 0 Å². The van der Waals surface area contributed by atoms with Crippen molar-refractivity contribution in [2.45, 2.75) is 53.0 Å². The smallest absolute Gasteiger partial charge is 0.322 e. The summed E-state index contributed by atoms with van der Waals surface area (Å²) in [6.45, 7) is 8.86. The van der Waals surface area contributed by atoms with Crippen molar-refractivity contribution < 1.29 is 9.32 Å². The first-order valence-electron chi connectivity index (χ1n) is 8.61. The molecule has 3 rings (SSSR count). The van der Waals surface area contributed by atoms with E-state index in [9.17, 15) is 4.79 Å². The van der Waals surface area contributed by atoms with Gasteiger partial charge in [-0.2, -0.15) is 0 Å². The fourth-order valence-electron chi connectivity index (χ4n) is 3.49. The van der Waals surface area contributed by atoms with E-state index >= 15 is 0 Å². The van der Waals surface area contributed by atoms with Crippen LogP contribution in [-0.4, -0.2) is 22.6 Å². The van der Waals surface area contributed by atoms with Crippen LogP contribution in [0.1, 0.15) is 54.0 Å². The number of aryl methyl sites for hydroxylation is 3. The number of amides is 2. The van der Waals surface area contributed by atoms with Gasteiger partial charge in [0.15, 0.2) is 0 Å². The molecule has 0 aliphatic carbocycles. The van der Waals surface area contributed by atoms with Gasteiger partial charge in [0.25, 0.3) is 0 Å². The second-order valence-electron chi connectivity index (χ2n) is 6.49. The lowest BCUT2D eigenvalue weighted by atomic mass is 10.0. The van der Waals surface area contributed by atoms with Gasteiger partial charge >= 0.3 is 6.03 Å². The van der Waals surface area contributed by atoms with Gasteiger partial charge in [0.2, 0.25) is 0 Å². The third-order valence-corrected chi connectivity index (χ3v) is 5.00. The number of anilines is 1. The van der Waals surface area contributed by atoms with E-state index < -0.39 is 0 Å². The largest absolute Gasteiger partial charge is 0.361 e. The zero-order valence-electron chi connectivity index (χ0n) is 14.8. The highest BCUT2D eigenvalue weighted by molar-refractivity contribution is 5.90. The number of urea groups is 1. The molecule has 0 radical (unpaired) electrons. The van der Waals surface area contributed by atoms with Crippen LogP contribution in [0.3, 0.4) is 0 Å². The number of carbonyl (C=O) groups excluding carboxylic acids is 1. The van der Waals surface area contributed by atoms with Crippen molar-refractivity contribution >= 4 is 11.7 Å². The predicted molar refractivity (Wildman–Crippen MR) is 94.2 cm³/mol. The summed E-state index contributed by atoms with van der Waals surface area (Å²) in [6, 6.07) is 5.98. The number of hydrogen-bond acceptors (Lipinski definition) is 3. The van der Waals surface area contributed by atoms with Gasteiger partial charge in [-0.25, -0.2) is 4.79 Å². The van der Waals surface area contributed by atoms with Gasteiger partial charge in [-0.05, 0) is 50.8 Å². The fourth-order valence-corrected chi connectivity index (χ4v) is 3.49. The molecule has 2 heterocycles. The van der Waals surface area contributed by atoms with Crippen LogP contribution < -0.4 is 5.32 Å². The van der Waals surface area contributed by atoms with Crippen LogP contribution in [0, 0.1) is 20.8 Å². The first kappa shape index (κ1) is 16.6. The van der Waals surface area contributed by atoms with Crippen molar-refractivity contribution in [2.24, 2.45) is 0 Å². The molecule has 1 atom stereocenters. The molecular formula is C19H25N3O2. The maximum absolute atomic E-state index is 12.9. The van der Waals surface area contributed by atoms with Crippen LogP contribution in [0.2, 0.25) is 0 Å². The minimum Gasteiger partial charge on any atom is -0.361 e. The summed E-state index contributed by atoms with van der Waals surface area (Å²) in [6.07, 6.45) is 2.74. The van der Waals surface area contributed by atoms with Crippen molar-refractivity contribution in [1.29, 1.82) is 0 Å². The highest BCUT2D eigenvalue weighted by Crippen LogP contribution is 2.36. The van der Waals surface area contributed by atoms with E-state index in [4.69, 9.17) is 4.52 Å². The molecule has 1 fully saturated rings. The average molecular weight is 327 g/mol.